The third kappa shape index (κ3) is 2.63. The van der Waals surface area contributed by atoms with Gasteiger partial charge in [0.1, 0.15) is 4.47 Å². The second-order valence-electron chi connectivity index (χ2n) is 5.88. The Morgan fingerprint density at radius 2 is 2.30 bits per heavy atom. The third-order valence-electron chi connectivity index (χ3n) is 4.21. The highest BCUT2D eigenvalue weighted by molar-refractivity contribution is 9.10. The zero-order chi connectivity index (χ0) is 14.9. The molecule has 112 valence electrons. The summed E-state index contributed by atoms with van der Waals surface area (Å²) in [6, 6.07) is 0.284. The SMILES string of the molecule is CCCn1ncc(NC2CC(OC)C2(C)C)c(Br)c1=O. The van der Waals surface area contributed by atoms with Crippen molar-refractivity contribution in [1.82, 2.24) is 9.78 Å². The van der Waals surface area contributed by atoms with Crippen LogP contribution in [0.5, 0.6) is 0 Å². The molecule has 1 aromatic heterocycles. The fraction of sp³-hybridized carbons (Fsp3) is 0.714. The quantitative estimate of drug-likeness (QED) is 0.892. The van der Waals surface area contributed by atoms with Gasteiger partial charge in [0.15, 0.2) is 0 Å². The molecule has 1 aliphatic rings. The van der Waals surface area contributed by atoms with E-state index < -0.39 is 0 Å². The molecule has 20 heavy (non-hydrogen) atoms. The van der Waals surface area contributed by atoms with Crippen molar-refractivity contribution >= 4 is 21.6 Å². The van der Waals surface area contributed by atoms with Gasteiger partial charge in [0.05, 0.1) is 18.0 Å². The molecule has 0 bridgehead atoms. The van der Waals surface area contributed by atoms with Gasteiger partial charge in [0.25, 0.3) is 5.56 Å². The van der Waals surface area contributed by atoms with Crippen LogP contribution < -0.4 is 10.9 Å². The van der Waals surface area contributed by atoms with Gasteiger partial charge in [-0.1, -0.05) is 20.8 Å². The lowest BCUT2D eigenvalue weighted by Gasteiger charge is -2.51. The van der Waals surface area contributed by atoms with Gasteiger partial charge in [-0.05, 0) is 28.8 Å². The summed E-state index contributed by atoms with van der Waals surface area (Å²) >= 11 is 3.39. The Balaban J connectivity index is 2.16. The molecule has 0 radical (unpaired) electrons. The molecule has 0 spiro atoms. The minimum Gasteiger partial charge on any atom is -0.381 e. The lowest BCUT2D eigenvalue weighted by molar-refractivity contribution is -0.0794. The number of ether oxygens (including phenoxy) is 1. The fourth-order valence-electron chi connectivity index (χ4n) is 2.65. The number of hydrogen-bond donors (Lipinski definition) is 1. The van der Waals surface area contributed by atoms with Crippen LogP contribution in [0.1, 0.15) is 33.6 Å². The second-order valence-corrected chi connectivity index (χ2v) is 6.67. The lowest BCUT2D eigenvalue weighted by atomic mass is 9.64. The van der Waals surface area contributed by atoms with Crippen LogP contribution in [-0.4, -0.2) is 29.0 Å². The van der Waals surface area contributed by atoms with Crippen LogP contribution in [0.4, 0.5) is 5.69 Å². The van der Waals surface area contributed by atoms with Crippen LogP contribution >= 0.6 is 15.9 Å². The smallest absolute Gasteiger partial charge is 0.283 e. The highest BCUT2D eigenvalue weighted by Gasteiger charge is 2.48. The molecule has 0 aliphatic heterocycles. The van der Waals surface area contributed by atoms with Crippen molar-refractivity contribution in [1.29, 1.82) is 0 Å². The number of hydrogen-bond acceptors (Lipinski definition) is 4. The summed E-state index contributed by atoms with van der Waals surface area (Å²) < 4.78 is 7.48. The first kappa shape index (κ1) is 15.5. The minimum atomic E-state index is -0.0859. The molecule has 1 saturated carbocycles. The molecule has 1 aliphatic carbocycles. The monoisotopic (exact) mass is 343 g/mol. The highest BCUT2D eigenvalue weighted by Crippen LogP contribution is 2.44. The second kappa shape index (κ2) is 5.85. The molecule has 2 unspecified atom stereocenters. The molecule has 5 nitrogen and oxygen atoms in total. The van der Waals surface area contributed by atoms with E-state index in [2.05, 4.69) is 40.2 Å². The first-order chi connectivity index (χ1) is 9.41. The molecule has 0 aromatic carbocycles. The van der Waals surface area contributed by atoms with Gasteiger partial charge < -0.3 is 10.1 Å². The molecular formula is C14H22BrN3O2. The van der Waals surface area contributed by atoms with E-state index in [1.165, 1.54) is 4.68 Å². The molecule has 1 fully saturated rings. The summed E-state index contributed by atoms with van der Waals surface area (Å²) in [5.74, 6) is 0. The van der Waals surface area contributed by atoms with E-state index in [4.69, 9.17) is 4.74 Å². The van der Waals surface area contributed by atoms with Crippen molar-refractivity contribution in [3.8, 4) is 0 Å². The van der Waals surface area contributed by atoms with Crippen molar-refractivity contribution in [2.75, 3.05) is 12.4 Å². The van der Waals surface area contributed by atoms with E-state index in [1.54, 1.807) is 13.3 Å². The van der Waals surface area contributed by atoms with Gasteiger partial charge in [-0.3, -0.25) is 4.79 Å². The molecule has 0 amide bonds. The number of nitrogens with one attached hydrogen (secondary N) is 1. The lowest BCUT2D eigenvalue weighted by Crippen LogP contribution is -2.57. The Morgan fingerprint density at radius 3 is 2.85 bits per heavy atom. The predicted molar refractivity (Wildman–Crippen MR) is 83.1 cm³/mol. The summed E-state index contributed by atoms with van der Waals surface area (Å²) in [7, 11) is 1.74. The maximum Gasteiger partial charge on any atom is 0.283 e. The van der Waals surface area contributed by atoms with Crippen molar-refractivity contribution in [2.45, 2.75) is 52.3 Å². The van der Waals surface area contributed by atoms with Crippen molar-refractivity contribution in [2.24, 2.45) is 5.41 Å². The number of nitrogens with zero attached hydrogens (tertiary/aromatic N) is 2. The number of methoxy groups -OCH3 is 1. The van der Waals surface area contributed by atoms with Crippen LogP contribution in [0.2, 0.25) is 0 Å². The number of rotatable bonds is 5. The Labute approximate surface area is 127 Å². The van der Waals surface area contributed by atoms with Gasteiger partial charge in [-0.2, -0.15) is 5.10 Å². The van der Waals surface area contributed by atoms with E-state index >= 15 is 0 Å². The zero-order valence-corrected chi connectivity index (χ0v) is 14.0. The van der Waals surface area contributed by atoms with Crippen molar-refractivity contribution in [3.05, 3.63) is 21.0 Å². The van der Waals surface area contributed by atoms with Crippen molar-refractivity contribution < 1.29 is 4.74 Å². The average Bonchev–Trinajstić information content (AvgIpc) is 2.41. The fourth-order valence-corrected chi connectivity index (χ4v) is 3.08. The number of anilines is 1. The van der Waals surface area contributed by atoms with E-state index in [1.807, 2.05) is 6.92 Å². The Hall–Kier alpha value is -0.880. The van der Waals surface area contributed by atoms with Gasteiger partial charge in [0, 0.05) is 25.1 Å². The summed E-state index contributed by atoms with van der Waals surface area (Å²) in [4.78, 5) is 12.1. The Morgan fingerprint density at radius 1 is 1.60 bits per heavy atom. The number of aryl methyl sites for hydroxylation is 1. The molecule has 2 atom stereocenters. The molecule has 2 rings (SSSR count). The van der Waals surface area contributed by atoms with Crippen LogP contribution in [0, 0.1) is 5.41 Å². The van der Waals surface area contributed by atoms with Gasteiger partial charge >= 0.3 is 0 Å². The van der Waals surface area contributed by atoms with E-state index in [9.17, 15) is 4.79 Å². The number of aromatic nitrogens is 2. The number of halogens is 1. The third-order valence-corrected chi connectivity index (χ3v) is 4.98. The maximum absolute atomic E-state index is 12.1. The van der Waals surface area contributed by atoms with E-state index in [-0.39, 0.29) is 23.1 Å². The predicted octanol–water partition coefficient (Wildman–Crippen LogP) is 2.64. The topological polar surface area (TPSA) is 56.1 Å². The van der Waals surface area contributed by atoms with Crippen LogP contribution in [0.15, 0.2) is 15.5 Å². The zero-order valence-electron chi connectivity index (χ0n) is 12.4. The van der Waals surface area contributed by atoms with Crippen LogP contribution in [0.25, 0.3) is 0 Å². The summed E-state index contributed by atoms with van der Waals surface area (Å²) in [5, 5.41) is 7.62. The standard InChI is InChI=1S/C14H22BrN3O2/c1-5-6-18-13(19)12(15)9(8-16-18)17-10-7-11(20-4)14(10,2)3/h8,10-11,17H,5-7H2,1-4H3. The molecule has 6 heteroatoms. The first-order valence-electron chi connectivity index (χ1n) is 6.96. The van der Waals surface area contributed by atoms with Gasteiger partial charge in [-0.25, -0.2) is 4.68 Å². The molecule has 1 aromatic rings. The summed E-state index contributed by atoms with van der Waals surface area (Å²) in [6.45, 7) is 7.00. The van der Waals surface area contributed by atoms with Crippen LogP contribution in [0.3, 0.4) is 0 Å². The van der Waals surface area contributed by atoms with Gasteiger partial charge in [0.2, 0.25) is 0 Å². The largest absolute Gasteiger partial charge is 0.381 e. The molecule has 0 saturated heterocycles. The van der Waals surface area contributed by atoms with Gasteiger partial charge in [-0.15, -0.1) is 0 Å². The first-order valence-corrected chi connectivity index (χ1v) is 7.76. The molecule has 1 heterocycles. The molecule has 1 N–H and O–H groups in total. The van der Waals surface area contributed by atoms with Crippen LogP contribution in [-0.2, 0) is 11.3 Å². The summed E-state index contributed by atoms with van der Waals surface area (Å²) in [6.07, 6.45) is 3.80. The maximum atomic E-state index is 12.1. The Kier molecular flexibility index (Phi) is 4.54. The minimum absolute atomic E-state index is 0.0481. The molecular weight excluding hydrogens is 322 g/mol. The highest BCUT2D eigenvalue weighted by atomic mass is 79.9. The van der Waals surface area contributed by atoms with E-state index in [0.717, 1.165) is 18.5 Å². The normalized spacial score (nSPS) is 24.2. The van der Waals surface area contributed by atoms with Crippen molar-refractivity contribution in [3.63, 3.8) is 0 Å². The average molecular weight is 344 g/mol. The van der Waals surface area contributed by atoms with E-state index in [0.29, 0.717) is 11.0 Å². The Bertz CT molecular complexity index is 542. The summed E-state index contributed by atoms with van der Waals surface area (Å²) in [5.41, 5.74) is 0.721.